The second-order valence-corrected chi connectivity index (χ2v) is 3.65. The van der Waals surface area contributed by atoms with Crippen LogP contribution in [0.4, 0.5) is 0 Å². The van der Waals surface area contributed by atoms with E-state index in [-0.39, 0.29) is 0 Å². The molecule has 1 N–H and O–H groups in total. The van der Waals surface area contributed by atoms with Gasteiger partial charge in [-0.3, -0.25) is 0 Å². The molecule has 0 aromatic heterocycles. The van der Waals surface area contributed by atoms with Gasteiger partial charge >= 0.3 is 0 Å². The summed E-state index contributed by atoms with van der Waals surface area (Å²) in [6.45, 7) is 5.59. The van der Waals surface area contributed by atoms with E-state index < -0.39 is 0 Å². The van der Waals surface area contributed by atoms with E-state index in [9.17, 15) is 0 Å². The summed E-state index contributed by atoms with van der Waals surface area (Å²) in [5.74, 6) is 0. The lowest BCUT2D eigenvalue weighted by Gasteiger charge is -2.22. The van der Waals surface area contributed by atoms with Crippen LogP contribution >= 0.6 is 12.2 Å². The van der Waals surface area contributed by atoms with Gasteiger partial charge in [0.2, 0.25) is 0 Å². The molecule has 0 saturated carbocycles. The lowest BCUT2D eigenvalue weighted by Crippen LogP contribution is -2.21. The Morgan fingerprint density at radius 1 is 1.50 bits per heavy atom. The molecule has 0 aromatic rings. The maximum Gasteiger partial charge on any atom is 0.0759 e. The summed E-state index contributed by atoms with van der Waals surface area (Å²) in [6.07, 6.45) is 3.60. The summed E-state index contributed by atoms with van der Waals surface area (Å²) >= 11 is 5.09. The Morgan fingerprint density at radius 2 is 2.10 bits per heavy atom. The molecule has 1 saturated heterocycles. The molecule has 1 heterocycles. The van der Waals surface area contributed by atoms with E-state index in [4.69, 9.17) is 12.2 Å². The van der Waals surface area contributed by atoms with Crippen molar-refractivity contribution in [2.75, 3.05) is 6.54 Å². The van der Waals surface area contributed by atoms with Crippen LogP contribution in [0.25, 0.3) is 0 Å². The molecule has 1 rings (SSSR count). The first-order valence-corrected chi connectivity index (χ1v) is 4.40. The highest BCUT2D eigenvalue weighted by molar-refractivity contribution is 7.80. The fourth-order valence-corrected chi connectivity index (χ4v) is 1.88. The van der Waals surface area contributed by atoms with Crippen molar-refractivity contribution in [2.24, 2.45) is 5.41 Å². The Balaban J connectivity index is 2.59. The highest BCUT2D eigenvalue weighted by Gasteiger charge is 2.32. The second-order valence-electron chi connectivity index (χ2n) is 3.16. The molecule has 0 amide bonds. The quantitative estimate of drug-likeness (QED) is 0.616. The maximum atomic E-state index is 5.09. The average Bonchev–Trinajstić information content (AvgIpc) is 2.33. The maximum absolute atomic E-state index is 5.09. The normalized spacial score (nSPS) is 22.8. The zero-order valence-corrected chi connectivity index (χ0v) is 7.55. The second kappa shape index (κ2) is 2.87. The molecule has 2 heteroatoms. The molecule has 0 aliphatic carbocycles. The van der Waals surface area contributed by atoms with E-state index in [1.165, 1.54) is 12.8 Å². The molecule has 1 nitrogen and oxygen atoms in total. The first-order valence-electron chi connectivity index (χ1n) is 3.99. The third-order valence-electron chi connectivity index (χ3n) is 2.70. The van der Waals surface area contributed by atoms with Gasteiger partial charge in [-0.2, -0.15) is 0 Å². The minimum Gasteiger partial charge on any atom is -0.379 e. The van der Waals surface area contributed by atoms with Crippen LogP contribution in [0.3, 0.4) is 0 Å². The molecule has 58 valence electrons. The van der Waals surface area contributed by atoms with Crippen molar-refractivity contribution in [1.29, 1.82) is 0 Å². The fraction of sp³-hybridized carbons (Fsp3) is 0.875. The average molecular weight is 157 g/mol. The van der Waals surface area contributed by atoms with Gasteiger partial charge in [-0.1, -0.05) is 26.1 Å². The molecule has 0 spiro atoms. The third kappa shape index (κ3) is 1.31. The fourth-order valence-electron chi connectivity index (χ4n) is 1.50. The SMILES string of the molecule is CCC1(CC)CNC(=S)C1. The van der Waals surface area contributed by atoms with Crippen molar-refractivity contribution in [3.63, 3.8) is 0 Å². The predicted octanol–water partition coefficient (Wildman–Crippen LogP) is 2.11. The molecule has 0 aromatic carbocycles. The molecule has 0 unspecified atom stereocenters. The number of nitrogens with one attached hydrogen (secondary N) is 1. The first-order chi connectivity index (χ1) is 4.72. The number of thiocarbonyl (C=S) groups is 1. The van der Waals surface area contributed by atoms with E-state index in [1.54, 1.807) is 0 Å². The van der Waals surface area contributed by atoms with Crippen molar-refractivity contribution in [1.82, 2.24) is 5.32 Å². The van der Waals surface area contributed by atoms with Crippen LogP contribution in [0.5, 0.6) is 0 Å². The standard InChI is InChI=1S/C8H15NS/c1-3-8(4-2)5-7(10)9-6-8/h3-6H2,1-2H3,(H,9,10). The number of rotatable bonds is 2. The minimum atomic E-state index is 0.497. The molecule has 0 atom stereocenters. The van der Waals surface area contributed by atoms with Crippen LogP contribution < -0.4 is 5.32 Å². The molecule has 10 heavy (non-hydrogen) atoms. The summed E-state index contributed by atoms with van der Waals surface area (Å²) in [6, 6.07) is 0. The van der Waals surface area contributed by atoms with E-state index in [2.05, 4.69) is 19.2 Å². The van der Waals surface area contributed by atoms with Crippen molar-refractivity contribution < 1.29 is 0 Å². The van der Waals surface area contributed by atoms with Crippen LogP contribution in [-0.4, -0.2) is 11.5 Å². The van der Waals surface area contributed by atoms with Gasteiger partial charge in [0.1, 0.15) is 0 Å². The zero-order chi connectivity index (χ0) is 7.61. The predicted molar refractivity (Wildman–Crippen MR) is 48.2 cm³/mol. The third-order valence-corrected chi connectivity index (χ3v) is 2.98. The van der Waals surface area contributed by atoms with Crippen molar-refractivity contribution >= 4 is 17.2 Å². The lowest BCUT2D eigenvalue weighted by molar-refractivity contribution is 0.304. The van der Waals surface area contributed by atoms with Gasteiger partial charge in [0.25, 0.3) is 0 Å². The summed E-state index contributed by atoms with van der Waals surface area (Å²) < 4.78 is 0. The van der Waals surface area contributed by atoms with E-state index >= 15 is 0 Å². The van der Waals surface area contributed by atoms with Gasteiger partial charge in [0.15, 0.2) is 0 Å². The Labute approximate surface area is 68.2 Å². The Kier molecular flexibility index (Phi) is 2.29. The smallest absolute Gasteiger partial charge is 0.0759 e. The number of hydrogen-bond acceptors (Lipinski definition) is 1. The topological polar surface area (TPSA) is 12.0 Å². The Morgan fingerprint density at radius 3 is 2.30 bits per heavy atom. The molecular weight excluding hydrogens is 142 g/mol. The van der Waals surface area contributed by atoms with Gasteiger partial charge in [-0.25, -0.2) is 0 Å². The van der Waals surface area contributed by atoms with Crippen molar-refractivity contribution in [3.05, 3.63) is 0 Å². The summed E-state index contributed by atoms with van der Waals surface area (Å²) in [4.78, 5) is 1.06. The van der Waals surface area contributed by atoms with Crippen LogP contribution in [0.15, 0.2) is 0 Å². The van der Waals surface area contributed by atoms with Crippen LogP contribution in [0, 0.1) is 5.41 Å². The zero-order valence-electron chi connectivity index (χ0n) is 6.74. The van der Waals surface area contributed by atoms with E-state index in [0.29, 0.717) is 5.41 Å². The summed E-state index contributed by atoms with van der Waals surface area (Å²) in [5, 5.41) is 3.24. The monoisotopic (exact) mass is 157 g/mol. The van der Waals surface area contributed by atoms with Gasteiger partial charge in [-0.05, 0) is 18.3 Å². The summed E-state index contributed by atoms with van der Waals surface area (Å²) in [5.41, 5.74) is 0.497. The van der Waals surface area contributed by atoms with Crippen LogP contribution in [-0.2, 0) is 0 Å². The highest BCUT2D eigenvalue weighted by atomic mass is 32.1. The Hall–Kier alpha value is -0.110. The van der Waals surface area contributed by atoms with Crippen molar-refractivity contribution in [3.8, 4) is 0 Å². The van der Waals surface area contributed by atoms with E-state index in [0.717, 1.165) is 18.0 Å². The van der Waals surface area contributed by atoms with Gasteiger partial charge in [-0.15, -0.1) is 0 Å². The summed E-state index contributed by atoms with van der Waals surface area (Å²) in [7, 11) is 0. The molecule has 1 fully saturated rings. The molecule has 0 radical (unpaired) electrons. The lowest BCUT2D eigenvalue weighted by atomic mass is 9.82. The van der Waals surface area contributed by atoms with Crippen LogP contribution in [0.1, 0.15) is 33.1 Å². The molecule has 0 bridgehead atoms. The highest BCUT2D eigenvalue weighted by Crippen LogP contribution is 2.33. The first kappa shape index (κ1) is 7.99. The van der Waals surface area contributed by atoms with E-state index in [1.807, 2.05) is 0 Å². The molecular formula is C8H15NS. The van der Waals surface area contributed by atoms with Crippen LogP contribution in [0.2, 0.25) is 0 Å². The van der Waals surface area contributed by atoms with Gasteiger partial charge < -0.3 is 5.32 Å². The minimum absolute atomic E-state index is 0.497. The largest absolute Gasteiger partial charge is 0.379 e. The Bertz CT molecular complexity index is 138. The van der Waals surface area contributed by atoms with Gasteiger partial charge in [0.05, 0.1) is 4.99 Å². The number of hydrogen-bond donors (Lipinski definition) is 1. The van der Waals surface area contributed by atoms with Gasteiger partial charge in [0, 0.05) is 13.0 Å². The molecule has 1 aliphatic heterocycles. The molecule has 1 aliphatic rings. The van der Waals surface area contributed by atoms with Crippen molar-refractivity contribution in [2.45, 2.75) is 33.1 Å².